The molecule has 3 N–H and O–H groups in total. The van der Waals surface area contributed by atoms with E-state index in [0.29, 0.717) is 42.2 Å². The fraction of sp³-hybridized carbons (Fsp3) is 0.227. The lowest BCUT2D eigenvalue weighted by Gasteiger charge is -2.30. The third-order valence-electron chi connectivity index (χ3n) is 5.43. The lowest BCUT2D eigenvalue weighted by molar-refractivity contribution is -0.121. The highest BCUT2D eigenvalue weighted by atomic mass is 32.2. The predicted molar refractivity (Wildman–Crippen MR) is 123 cm³/mol. The molecule has 0 saturated carbocycles. The first kappa shape index (κ1) is 23.0. The zero-order valence-corrected chi connectivity index (χ0v) is 19.0. The molecule has 0 atom stereocenters. The van der Waals surface area contributed by atoms with Crippen LogP contribution in [0, 0.1) is 11.7 Å². The maximum atomic E-state index is 14.0. The molecule has 2 aromatic carbocycles. The van der Waals surface area contributed by atoms with Crippen LogP contribution < -0.4 is 10.5 Å². The molecule has 0 unspecified atom stereocenters. The maximum absolute atomic E-state index is 14.0. The van der Waals surface area contributed by atoms with Crippen LogP contribution in [-0.4, -0.2) is 43.2 Å². The van der Waals surface area contributed by atoms with Gasteiger partial charge in [-0.1, -0.05) is 12.1 Å². The summed E-state index contributed by atoms with van der Waals surface area (Å²) >= 11 is 1.21. The predicted octanol–water partition coefficient (Wildman–Crippen LogP) is 3.09. The smallest absolute Gasteiger partial charge is 0.273 e. The Morgan fingerprint density at radius 3 is 2.39 bits per heavy atom. The van der Waals surface area contributed by atoms with E-state index in [1.807, 2.05) is 0 Å². The van der Waals surface area contributed by atoms with Gasteiger partial charge in [0, 0.05) is 35.6 Å². The van der Waals surface area contributed by atoms with Gasteiger partial charge in [0.25, 0.3) is 5.91 Å². The minimum absolute atomic E-state index is 0.0347. The Balaban J connectivity index is 1.33. The SMILES string of the molecule is NS(=O)(=O)c1ccc(NC(=O)C2CCN(C(=O)c3csc(-c4ccccc4F)n3)CC2)cc1. The van der Waals surface area contributed by atoms with Crippen LogP contribution in [0.1, 0.15) is 23.3 Å². The number of hydrogen-bond acceptors (Lipinski definition) is 6. The van der Waals surface area contributed by atoms with Gasteiger partial charge in [-0.25, -0.2) is 22.9 Å². The Morgan fingerprint density at radius 2 is 1.76 bits per heavy atom. The summed E-state index contributed by atoms with van der Waals surface area (Å²) in [5.74, 6) is -1.11. The van der Waals surface area contributed by atoms with Crippen LogP contribution in [0.25, 0.3) is 10.6 Å². The molecule has 33 heavy (non-hydrogen) atoms. The average molecular weight is 489 g/mol. The molecular formula is C22H21FN4O4S2. The minimum atomic E-state index is -3.80. The number of nitrogens with two attached hydrogens (primary N) is 1. The summed E-state index contributed by atoms with van der Waals surface area (Å²) in [6.07, 6.45) is 0.967. The monoisotopic (exact) mass is 488 g/mol. The number of nitrogens with zero attached hydrogens (tertiary/aromatic N) is 2. The molecule has 4 rings (SSSR count). The van der Waals surface area contributed by atoms with Crippen molar-refractivity contribution in [3.8, 4) is 10.6 Å². The number of sulfonamides is 1. The van der Waals surface area contributed by atoms with E-state index in [2.05, 4.69) is 10.3 Å². The summed E-state index contributed by atoms with van der Waals surface area (Å²) in [7, 11) is -3.80. The molecule has 0 radical (unpaired) electrons. The second kappa shape index (κ2) is 9.38. The number of primary sulfonamides is 1. The molecule has 1 saturated heterocycles. The van der Waals surface area contributed by atoms with Crippen molar-refractivity contribution in [3.05, 3.63) is 65.4 Å². The van der Waals surface area contributed by atoms with Crippen molar-refractivity contribution < 1.29 is 22.4 Å². The molecule has 3 aromatic rings. The van der Waals surface area contributed by atoms with E-state index in [4.69, 9.17) is 5.14 Å². The van der Waals surface area contributed by atoms with Crippen LogP contribution in [0.3, 0.4) is 0 Å². The zero-order chi connectivity index (χ0) is 23.6. The molecule has 0 aliphatic carbocycles. The Morgan fingerprint density at radius 1 is 1.09 bits per heavy atom. The first-order valence-corrected chi connectivity index (χ1v) is 12.6. The van der Waals surface area contributed by atoms with Gasteiger partial charge < -0.3 is 10.2 Å². The fourth-order valence-corrected chi connectivity index (χ4v) is 4.95. The molecule has 2 amide bonds. The number of carbonyl (C=O) groups excluding carboxylic acids is 2. The highest BCUT2D eigenvalue weighted by Gasteiger charge is 2.29. The van der Waals surface area contributed by atoms with Gasteiger partial charge in [-0.2, -0.15) is 0 Å². The molecule has 1 aliphatic rings. The fourth-order valence-electron chi connectivity index (χ4n) is 3.61. The summed E-state index contributed by atoms with van der Waals surface area (Å²) in [5, 5.41) is 9.91. The summed E-state index contributed by atoms with van der Waals surface area (Å²) in [6, 6.07) is 11.9. The highest BCUT2D eigenvalue weighted by molar-refractivity contribution is 7.89. The Kier molecular flexibility index (Phi) is 6.54. The van der Waals surface area contributed by atoms with E-state index in [9.17, 15) is 22.4 Å². The number of benzene rings is 2. The standard InChI is InChI=1S/C22H21FN4O4S2/c23-18-4-2-1-3-17(18)21-26-19(13-32-21)22(29)27-11-9-14(10-12-27)20(28)25-15-5-7-16(8-6-15)33(24,30)31/h1-8,13-14H,9-12H2,(H,25,28)(H2,24,30,31). The largest absolute Gasteiger partial charge is 0.337 e. The first-order valence-electron chi connectivity index (χ1n) is 10.2. The number of rotatable bonds is 5. The number of aromatic nitrogens is 1. The topological polar surface area (TPSA) is 122 Å². The van der Waals surface area contributed by atoms with Crippen molar-refractivity contribution >= 4 is 38.9 Å². The molecule has 172 valence electrons. The first-order chi connectivity index (χ1) is 15.7. The third kappa shape index (κ3) is 5.27. The van der Waals surface area contributed by atoms with E-state index in [-0.39, 0.29) is 28.3 Å². The number of hydrogen-bond donors (Lipinski definition) is 2. The van der Waals surface area contributed by atoms with Crippen molar-refractivity contribution in [2.45, 2.75) is 17.7 Å². The van der Waals surface area contributed by atoms with E-state index in [1.165, 1.54) is 41.7 Å². The summed E-state index contributed by atoms with van der Waals surface area (Å²) < 4.78 is 36.6. The molecular weight excluding hydrogens is 467 g/mol. The lowest BCUT2D eigenvalue weighted by Crippen LogP contribution is -2.41. The third-order valence-corrected chi connectivity index (χ3v) is 7.24. The van der Waals surface area contributed by atoms with Gasteiger partial charge in [0.1, 0.15) is 16.5 Å². The summed E-state index contributed by atoms with van der Waals surface area (Å²) in [6.45, 7) is 0.793. The van der Waals surface area contributed by atoms with Crippen LogP contribution in [0.4, 0.5) is 10.1 Å². The van der Waals surface area contributed by atoms with Gasteiger partial charge >= 0.3 is 0 Å². The van der Waals surface area contributed by atoms with Crippen LogP contribution >= 0.6 is 11.3 Å². The van der Waals surface area contributed by atoms with Gasteiger partial charge in [-0.05, 0) is 49.2 Å². The molecule has 2 heterocycles. The number of thiazole rings is 1. The Hall–Kier alpha value is -3.15. The average Bonchev–Trinajstić information content (AvgIpc) is 3.29. The highest BCUT2D eigenvalue weighted by Crippen LogP contribution is 2.27. The molecule has 1 aromatic heterocycles. The van der Waals surface area contributed by atoms with Crippen LogP contribution in [-0.2, 0) is 14.8 Å². The number of amides is 2. The number of halogens is 1. The zero-order valence-electron chi connectivity index (χ0n) is 17.4. The van der Waals surface area contributed by atoms with Crippen molar-refractivity contribution in [1.82, 2.24) is 9.88 Å². The summed E-state index contributed by atoms with van der Waals surface area (Å²) in [4.78, 5) is 31.3. The van der Waals surface area contributed by atoms with Gasteiger partial charge in [0.15, 0.2) is 0 Å². The van der Waals surface area contributed by atoms with E-state index in [1.54, 1.807) is 28.5 Å². The van der Waals surface area contributed by atoms with Crippen LogP contribution in [0.15, 0.2) is 58.8 Å². The van der Waals surface area contributed by atoms with Gasteiger partial charge in [-0.3, -0.25) is 9.59 Å². The van der Waals surface area contributed by atoms with E-state index >= 15 is 0 Å². The number of nitrogens with one attached hydrogen (secondary N) is 1. The maximum Gasteiger partial charge on any atom is 0.273 e. The quantitative estimate of drug-likeness (QED) is 0.571. The van der Waals surface area contributed by atoms with E-state index < -0.39 is 15.8 Å². The molecule has 11 heteroatoms. The molecule has 8 nitrogen and oxygen atoms in total. The Labute approximate surface area is 194 Å². The van der Waals surface area contributed by atoms with Crippen molar-refractivity contribution in [3.63, 3.8) is 0 Å². The Bertz CT molecular complexity index is 1280. The molecule has 1 aliphatic heterocycles. The van der Waals surface area contributed by atoms with E-state index in [0.717, 1.165) is 0 Å². The molecule has 0 spiro atoms. The number of likely N-dealkylation sites (tertiary alicyclic amines) is 1. The second-order valence-electron chi connectivity index (χ2n) is 7.64. The van der Waals surface area contributed by atoms with Crippen LogP contribution in [0.2, 0.25) is 0 Å². The minimum Gasteiger partial charge on any atom is -0.337 e. The van der Waals surface area contributed by atoms with Gasteiger partial charge in [0.05, 0.1) is 4.90 Å². The summed E-state index contributed by atoms with van der Waals surface area (Å²) in [5.41, 5.74) is 1.08. The molecule has 1 fully saturated rings. The van der Waals surface area contributed by atoms with Crippen molar-refractivity contribution in [2.75, 3.05) is 18.4 Å². The van der Waals surface area contributed by atoms with Crippen molar-refractivity contribution in [1.29, 1.82) is 0 Å². The van der Waals surface area contributed by atoms with Crippen molar-refractivity contribution in [2.24, 2.45) is 11.1 Å². The number of anilines is 1. The number of piperidine rings is 1. The number of carbonyl (C=O) groups is 2. The normalized spacial score (nSPS) is 14.8. The van der Waals surface area contributed by atoms with Crippen LogP contribution in [0.5, 0.6) is 0 Å². The van der Waals surface area contributed by atoms with Gasteiger partial charge in [-0.15, -0.1) is 11.3 Å². The lowest BCUT2D eigenvalue weighted by atomic mass is 9.95. The van der Waals surface area contributed by atoms with Gasteiger partial charge in [0.2, 0.25) is 15.9 Å². The second-order valence-corrected chi connectivity index (χ2v) is 10.1. The molecule has 0 bridgehead atoms.